The van der Waals surface area contributed by atoms with Crippen LogP contribution in [0.5, 0.6) is 0 Å². The van der Waals surface area contributed by atoms with E-state index in [1.165, 1.54) is 4.90 Å². The lowest BCUT2D eigenvalue weighted by atomic mass is 9.85. The lowest BCUT2D eigenvalue weighted by molar-refractivity contribution is -0.144. The molecule has 20 heteroatoms. The number of amides is 5. The van der Waals surface area contributed by atoms with E-state index in [1.807, 2.05) is 105 Å². The van der Waals surface area contributed by atoms with E-state index < -0.39 is 23.6 Å². The number of hydrogen-bond donors (Lipinski definition) is 5. The van der Waals surface area contributed by atoms with E-state index in [9.17, 15) is 29.1 Å². The van der Waals surface area contributed by atoms with Crippen molar-refractivity contribution < 1.29 is 29.1 Å². The average molecular weight is 1060 g/mol. The van der Waals surface area contributed by atoms with E-state index in [-0.39, 0.29) is 61.5 Å². The number of pyridine rings is 2. The summed E-state index contributed by atoms with van der Waals surface area (Å²) in [6, 6.07) is 13.8. The number of aliphatic hydroxyl groups is 1. The summed E-state index contributed by atoms with van der Waals surface area (Å²) < 4.78 is 1.91. The highest BCUT2D eigenvalue weighted by atomic mass is 32.1. The predicted octanol–water partition coefficient (Wildman–Crippen LogP) is 6.72. The maximum absolute atomic E-state index is 14.0. The summed E-state index contributed by atoms with van der Waals surface area (Å²) in [5, 5.41) is 31.3. The van der Waals surface area contributed by atoms with Gasteiger partial charge < -0.3 is 40.7 Å². The van der Waals surface area contributed by atoms with Crippen molar-refractivity contribution in [1.82, 2.24) is 55.9 Å². The predicted molar refractivity (Wildman–Crippen MR) is 295 cm³/mol. The normalized spacial score (nSPS) is 15.8. The SMILES string of the molecule is CCn1cnnc1-c1cccc(N2Cc3c(cc(N(C)C(C)C)nc3CNCCNC(=O)CCCCCCCCCC(=O)N[C@H](C(=O)N3C[C@H](O)C[C@H]3C(=O)NCc3ccc(-c4scnc4C)cc3)C(C)(C)C)C2=O)n1. The molecule has 3 atom stereocenters. The molecule has 0 radical (unpaired) electrons. The minimum atomic E-state index is -0.870. The van der Waals surface area contributed by atoms with Crippen LogP contribution in [0.15, 0.2) is 60.4 Å². The molecule has 2 aliphatic heterocycles. The zero-order chi connectivity index (χ0) is 54.5. The smallest absolute Gasteiger partial charge is 0.260 e. The first kappa shape index (κ1) is 57.1. The van der Waals surface area contributed by atoms with Gasteiger partial charge in [0.1, 0.15) is 35.7 Å². The minimum absolute atomic E-state index is 0.00698. The van der Waals surface area contributed by atoms with Crippen molar-refractivity contribution in [3.8, 4) is 22.0 Å². The molecule has 7 rings (SSSR count). The third-order valence-electron chi connectivity index (χ3n) is 14.3. The summed E-state index contributed by atoms with van der Waals surface area (Å²) in [4.78, 5) is 87.8. The molecule has 0 saturated carbocycles. The third-order valence-corrected chi connectivity index (χ3v) is 15.2. The zero-order valence-electron chi connectivity index (χ0n) is 45.5. The Balaban J connectivity index is 0.773. The van der Waals surface area contributed by atoms with Crippen molar-refractivity contribution in [2.24, 2.45) is 5.41 Å². The van der Waals surface area contributed by atoms with Crippen molar-refractivity contribution in [3.05, 3.63) is 88.4 Å². The first-order valence-electron chi connectivity index (χ1n) is 26.9. The number of nitrogens with one attached hydrogen (secondary N) is 4. The standard InChI is InChI=1S/C56H77N13O6S/c1-9-67-34-61-65-52(67)43-18-17-19-46(62-43)69-33-42-41(54(69)74)29-47(66(8)36(2)3)63-44(42)31-57-26-27-58-48(71)20-15-13-11-10-12-14-16-21-49(72)64-51(56(5,6)7)55(75)68-32-40(70)28-45(68)53(73)59-30-38-22-24-39(25-23-38)50-37(4)60-35-76-50/h17-19,22-25,29,34-36,40,45,51,57,70H,9-16,20-21,26-28,30-33H2,1-8H3,(H,58,71)(H,59,73)(H,64,72)/t40-,45+,51-/m1/s1. The molecule has 1 fully saturated rings. The van der Waals surface area contributed by atoms with Crippen LogP contribution in [0.25, 0.3) is 22.0 Å². The van der Waals surface area contributed by atoms with Gasteiger partial charge in [-0.1, -0.05) is 83.2 Å². The molecule has 5 amide bonds. The van der Waals surface area contributed by atoms with Crippen LogP contribution in [0.2, 0.25) is 0 Å². The van der Waals surface area contributed by atoms with Crippen LogP contribution in [0, 0.1) is 12.3 Å². The zero-order valence-corrected chi connectivity index (χ0v) is 46.3. The van der Waals surface area contributed by atoms with Gasteiger partial charge in [-0.15, -0.1) is 21.5 Å². The molecule has 6 heterocycles. The molecule has 0 spiro atoms. The Hall–Kier alpha value is -6.64. The van der Waals surface area contributed by atoms with Gasteiger partial charge in [0.05, 0.1) is 40.0 Å². The van der Waals surface area contributed by atoms with Crippen LogP contribution < -0.4 is 31.1 Å². The van der Waals surface area contributed by atoms with Gasteiger partial charge >= 0.3 is 0 Å². The van der Waals surface area contributed by atoms with Gasteiger partial charge in [-0.05, 0) is 75.3 Å². The molecule has 2 aliphatic rings. The van der Waals surface area contributed by atoms with Gasteiger partial charge in [0, 0.05) is 77.2 Å². The Morgan fingerprint density at radius 2 is 1.62 bits per heavy atom. The Bertz CT molecular complexity index is 2790. The number of anilines is 2. The molecule has 408 valence electrons. The first-order valence-corrected chi connectivity index (χ1v) is 27.8. The van der Waals surface area contributed by atoms with Crippen LogP contribution in [0.4, 0.5) is 11.6 Å². The molecular weight excluding hydrogens is 983 g/mol. The summed E-state index contributed by atoms with van der Waals surface area (Å²) in [5.41, 5.74) is 6.99. The van der Waals surface area contributed by atoms with Gasteiger partial charge in [-0.25, -0.2) is 15.0 Å². The fourth-order valence-electron chi connectivity index (χ4n) is 9.57. The number of rotatable bonds is 26. The monoisotopic (exact) mass is 1060 g/mol. The molecule has 0 unspecified atom stereocenters. The molecule has 76 heavy (non-hydrogen) atoms. The van der Waals surface area contributed by atoms with Crippen LogP contribution in [-0.4, -0.2) is 120 Å². The lowest BCUT2D eigenvalue weighted by Gasteiger charge is -2.35. The van der Waals surface area contributed by atoms with Crippen molar-refractivity contribution in [2.45, 2.75) is 163 Å². The number of nitrogens with zero attached hydrogens (tertiary/aromatic N) is 9. The number of aliphatic hydroxyl groups excluding tert-OH is 1. The number of unbranched alkanes of at least 4 members (excludes halogenated alkanes) is 6. The number of benzene rings is 1. The largest absolute Gasteiger partial charge is 0.391 e. The number of fused-ring (bicyclic) bond motifs is 1. The second kappa shape index (κ2) is 26.4. The second-order valence-corrected chi connectivity index (χ2v) is 22.2. The molecule has 1 saturated heterocycles. The molecule has 0 bridgehead atoms. The Kier molecular flexibility index (Phi) is 19.8. The number of thiazole rings is 1. The minimum Gasteiger partial charge on any atom is -0.391 e. The third kappa shape index (κ3) is 14.6. The molecule has 5 N–H and O–H groups in total. The van der Waals surface area contributed by atoms with E-state index in [1.54, 1.807) is 22.6 Å². The van der Waals surface area contributed by atoms with E-state index >= 15 is 0 Å². The van der Waals surface area contributed by atoms with Crippen molar-refractivity contribution in [2.75, 3.05) is 36.5 Å². The van der Waals surface area contributed by atoms with E-state index in [0.29, 0.717) is 74.3 Å². The van der Waals surface area contributed by atoms with Crippen LogP contribution in [-0.2, 0) is 45.4 Å². The topological polar surface area (TPSA) is 233 Å². The summed E-state index contributed by atoms with van der Waals surface area (Å²) in [5.74, 6) is 0.820. The van der Waals surface area contributed by atoms with Gasteiger partial charge in [0.2, 0.25) is 23.6 Å². The number of β-amino-alcohol motifs (C(OH)–C–C–N with tert-alkyl or cyclic N) is 1. The highest BCUT2D eigenvalue weighted by Crippen LogP contribution is 2.33. The molecule has 4 aromatic heterocycles. The van der Waals surface area contributed by atoms with Crippen molar-refractivity contribution in [1.29, 1.82) is 0 Å². The second-order valence-electron chi connectivity index (χ2n) is 21.3. The molecule has 19 nitrogen and oxygen atoms in total. The van der Waals surface area contributed by atoms with E-state index in [2.05, 4.69) is 50.3 Å². The van der Waals surface area contributed by atoms with E-state index in [4.69, 9.17) is 9.97 Å². The molecule has 1 aromatic carbocycles. The summed E-state index contributed by atoms with van der Waals surface area (Å²) in [6.07, 6.45) is 7.88. The van der Waals surface area contributed by atoms with Crippen LogP contribution in [0.3, 0.4) is 0 Å². The summed E-state index contributed by atoms with van der Waals surface area (Å²) in [6.45, 7) is 16.5. The van der Waals surface area contributed by atoms with Crippen LogP contribution in [0.1, 0.15) is 139 Å². The fraction of sp³-hybridized carbons (Fsp3) is 0.536. The number of likely N-dealkylation sites (tertiary alicyclic amines) is 1. The maximum atomic E-state index is 14.0. The summed E-state index contributed by atoms with van der Waals surface area (Å²) >= 11 is 1.58. The Labute approximate surface area is 451 Å². The van der Waals surface area contributed by atoms with Crippen molar-refractivity contribution >= 4 is 52.5 Å². The van der Waals surface area contributed by atoms with Crippen molar-refractivity contribution in [3.63, 3.8) is 0 Å². The molecule has 5 aromatic rings. The first-order chi connectivity index (χ1) is 36.4. The van der Waals surface area contributed by atoms with E-state index in [0.717, 1.165) is 71.5 Å². The highest BCUT2D eigenvalue weighted by molar-refractivity contribution is 7.13. The quantitative estimate of drug-likeness (QED) is 0.0363. The summed E-state index contributed by atoms with van der Waals surface area (Å²) in [7, 11) is 1.97. The number of hydrogen-bond acceptors (Lipinski definition) is 14. The Morgan fingerprint density at radius 1 is 0.908 bits per heavy atom. The number of carbonyl (C=O) groups is 5. The fourth-order valence-corrected chi connectivity index (χ4v) is 10.4. The van der Waals surface area contributed by atoms with Gasteiger partial charge in [-0.3, -0.25) is 28.9 Å². The van der Waals surface area contributed by atoms with Crippen LogP contribution >= 0.6 is 11.3 Å². The lowest BCUT2D eigenvalue weighted by Crippen LogP contribution is -2.57. The number of aryl methyl sites for hydroxylation is 2. The Morgan fingerprint density at radius 3 is 2.29 bits per heavy atom. The molecule has 0 aliphatic carbocycles. The number of aromatic nitrogens is 6. The maximum Gasteiger partial charge on any atom is 0.260 e. The van der Waals surface area contributed by atoms with Gasteiger partial charge in [-0.2, -0.15) is 0 Å². The van der Waals surface area contributed by atoms with Gasteiger partial charge in [0.15, 0.2) is 5.82 Å². The average Bonchev–Trinajstić information content (AvgIpc) is 4.23. The van der Waals surface area contributed by atoms with Gasteiger partial charge in [0.25, 0.3) is 5.91 Å². The highest BCUT2D eigenvalue weighted by Gasteiger charge is 2.44. The molecular formula is C56H77N13O6S. The number of carbonyl (C=O) groups excluding carboxylic acids is 5.